The first-order valence-electron chi connectivity index (χ1n) is 6.51. The second kappa shape index (κ2) is 6.52. The highest BCUT2D eigenvalue weighted by molar-refractivity contribution is 5.81. The first kappa shape index (κ1) is 13.1. The van der Waals surface area contributed by atoms with Gasteiger partial charge >= 0.3 is 0 Å². The van der Waals surface area contributed by atoms with Gasteiger partial charge in [-0.05, 0) is 31.4 Å². The number of nitrogens with one attached hydrogen (secondary N) is 2. The molecule has 1 aliphatic heterocycles. The maximum absolute atomic E-state index is 11.7. The molecule has 18 heavy (non-hydrogen) atoms. The van der Waals surface area contributed by atoms with Gasteiger partial charge in [0.2, 0.25) is 0 Å². The van der Waals surface area contributed by atoms with Gasteiger partial charge in [0.05, 0.1) is 0 Å². The van der Waals surface area contributed by atoms with Crippen LogP contribution in [-0.4, -0.2) is 30.1 Å². The summed E-state index contributed by atoms with van der Waals surface area (Å²) in [6.45, 7) is 1.69. The summed E-state index contributed by atoms with van der Waals surface area (Å²) >= 11 is 0. The van der Waals surface area contributed by atoms with Crippen molar-refractivity contribution in [3.05, 3.63) is 35.9 Å². The molecule has 1 amide bonds. The Morgan fingerprint density at radius 3 is 2.89 bits per heavy atom. The third-order valence-electron chi connectivity index (χ3n) is 3.32. The number of benzene rings is 1. The highest BCUT2D eigenvalue weighted by Gasteiger charge is 2.18. The molecule has 1 heterocycles. The van der Waals surface area contributed by atoms with Gasteiger partial charge in [0.25, 0.3) is 5.91 Å². The SMILES string of the molecule is O=C(NCCC1CCCN1)C(O)c1ccccc1. The zero-order chi connectivity index (χ0) is 12.8. The van der Waals surface area contributed by atoms with Crippen LogP contribution in [0.1, 0.15) is 30.9 Å². The first-order valence-corrected chi connectivity index (χ1v) is 6.51. The van der Waals surface area contributed by atoms with Gasteiger partial charge in [-0.1, -0.05) is 30.3 Å². The fraction of sp³-hybridized carbons (Fsp3) is 0.500. The Morgan fingerprint density at radius 2 is 2.22 bits per heavy atom. The van der Waals surface area contributed by atoms with Gasteiger partial charge in [0, 0.05) is 12.6 Å². The Hall–Kier alpha value is -1.39. The smallest absolute Gasteiger partial charge is 0.253 e. The summed E-state index contributed by atoms with van der Waals surface area (Å²) in [5.41, 5.74) is 0.633. The van der Waals surface area contributed by atoms with Crippen LogP contribution in [-0.2, 0) is 4.79 Å². The van der Waals surface area contributed by atoms with Gasteiger partial charge < -0.3 is 15.7 Å². The summed E-state index contributed by atoms with van der Waals surface area (Å²) in [7, 11) is 0. The van der Waals surface area contributed by atoms with Gasteiger partial charge in [-0.3, -0.25) is 4.79 Å². The molecule has 4 heteroatoms. The fourth-order valence-electron chi connectivity index (χ4n) is 2.26. The van der Waals surface area contributed by atoms with Gasteiger partial charge in [0.1, 0.15) is 0 Å². The Morgan fingerprint density at radius 1 is 1.44 bits per heavy atom. The Balaban J connectivity index is 1.74. The minimum absolute atomic E-state index is 0.320. The van der Waals surface area contributed by atoms with Crippen molar-refractivity contribution in [1.82, 2.24) is 10.6 Å². The van der Waals surface area contributed by atoms with Crippen molar-refractivity contribution in [1.29, 1.82) is 0 Å². The summed E-state index contributed by atoms with van der Waals surface area (Å²) in [4.78, 5) is 11.7. The minimum atomic E-state index is -1.07. The van der Waals surface area contributed by atoms with E-state index in [4.69, 9.17) is 0 Å². The van der Waals surface area contributed by atoms with Crippen LogP contribution in [0.5, 0.6) is 0 Å². The molecule has 3 N–H and O–H groups in total. The molecule has 1 fully saturated rings. The molecule has 0 bridgehead atoms. The molecule has 0 spiro atoms. The molecule has 1 saturated heterocycles. The largest absolute Gasteiger partial charge is 0.378 e. The van der Waals surface area contributed by atoms with Gasteiger partial charge in [-0.25, -0.2) is 0 Å². The quantitative estimate of drug-likeness (QED) is 0.728. The van der Waals surface area contributed by atoms with E-state index in [1.807, 2.05) is 18.2 Å². The van der Waals surface area contributed by atoms with Crippen molar-refractivity contribution in [2.45, 2.75) is 31.4 Å². The monoisotopic (exact) mass is 248 g/mol. The van der Waals surface area contributed by atoms with Crippen LogP contribution in [0.4, 0.5) is 0 Å². The number of aliphatic hydroxyl groups excluding tert-OH is 1. The van der Waals surface area contributed by atoms with Crippen molar-refractivity contribution in [2.75, 3.05) is 13.1 Å². The molecular weight excluding hydrogens is 228 g/mol. The fourth-order valence-corrected chi connectivity index (χ4v) is 2.26. The van der Waals surface area contributed by atoms with Crippen molar-refractivity contribution in [2.24, 2.45) is 0 Å². The average Bonchev–Trinajstić information content (AvgIpc) is 2.92. The Labute approximate surface area is 107 Å². The molecule has 0 aromatic heterocycles. The highest BCUT2D eigenvalue weighted by atomic mass is 16.3. The summed E-state index contributed by atoms with van der Waals surface area (Å²) < 4.78 is 0. The predicted octanol–water partition coefficient (Wildman–Crippen LogP) is 0.978. The summed E-state index contributed by atoms with van der Waals surface area (Å²) in [6, 6.07) is 9.51. The number of hydrogen-bond acceptors (Lipinski definition) is 3. The van der Waals surface area contributed by atoms with E-state index in [1.54, 1.807) is 12.1 Å². The number of amides is 1. The summed E-state index contributed by atoms with van der Waals surface area (Å²) in [6.07, 6.45) is 2.25. The van der Waals surface area contributed by atoms with Crippen molar-refractivity contribution in [3.63, 3.8) is 0 Å². The normalized spacial score (nSPS) is 20.6. The number of rotatable bonds is 5. The van der Waals surface area contributed by atoms with Crippen LogP contribution in [0.15, 0.2) is 30.3 Å². The molecule has 0 aliphatic carbocycles. The lowest BCUT2D eigenvalue weighted by atomic mass is 10.1. The van der Waals surface area contributed by atoms with Crippen LogP contribution >= 0.6 is 0 Å². The first-order chi connectivity index (χ1) is 8.77. The molecule has 98 valence electrons. The number of carbonyl (C=O) groups is 1. The van der Waals surface area contributed by atoms with Crippen LogP contribution in [0.3, 0.4) is 0 Å². The predicted molar refractivity (Wildman–Crippen MR) is 70.1 cm³/mol. The maximum Gasteiger partial charge on any atom is 0.253 e. The van der Waals surface area contributed by atoms with E-state index >= 15 is 0 Å². The van der Waals surface area contributed by atoms with E-state index in [0.717, 1.165) is 13.0 Å². The average molecular weight is 248 g/mol. The minimum Gasteiger partial charge on any atom is -0.378 e. The molecular formula is C14H20N2O2. The lowest BCUT2D eigenvalue weighted by Gasteiger charge is -2.13. The van der Waals surface area contributed by atoms with Crippen molar-refractivity contribution < 1.29 is 9.90 Å². The molecule has 2 unspecified atom stereocenters. The summed E-state index contributed by atoms with van der Waals surface area (Å²) in [5.74, 6) is -0.320. The molecule has 1 aromatic rings. The molecule has 4 nitrogen and oxygen atoms in total. The van der Waals surface area contributed by atoms with E-state index in [2.05, 4.69) is 10.6 Å². The zero-order valence-electron chi connectivity index (χ0n) is 10.4. The van der Waals surface area contributed by atoms with E-state index < -0.39 is 6.10 Å². The number of hydrogen-bond donors (Lipinski definition) is 3. The van der Waals surface area contributed by atoms with E-state index in [0.29, 0.717) is 18.2 Å². The van der Waals surface area contributed by atoms with E-state index in [9.17, 15) is 9.90 Å². The van der Waals surface area contributed by atoms with Crippen LogP contribution < -0.4 is 10.6 Å². The van der Waals surface area contributed by atoms with Gasteiger partial charge in [-0.2, -0.15) is 0 Å². The molecule has 2 rings (SSSR count). The summed E-state index contributed by atoms with van der Waals surface area (Å²) in [5, 5.41) is 16.0. The Bertz CT molecular complexity index is 375. The standard InChI is InChI=1S/C14H20N2O2/c17-13(11-5-2-1-3-6-11)14(18)16-10-8-12-7-4-9-15-12/h1-3,5-6,12-13,15,17H,4,7-10H2,(H,16,18). The zero-order valence-corrected chi connectivity index (χ0v) is 10.4. The highest BCUT2D eigenvalue weighted by Crippen LogP contribution is 2.12. The molecule has 2 atom stereocenters. The maximum atomic E-state index is 11.7. The second-order valence-corrected chi connectivity index (χ2v) is 4.69. The third kappa shape index (κ3) is 3.55. The van der Waals surface area contributed by atoms with Crippen LogP contribution in [0.2, 0.25) is 0 Å². The lowest BCUT2D eigenvalue weighted by molar-refractivity contribution is -0.129. The van der Waals surface area contributed by atoms with Gasteiger partial charge in [-0.15, -0.1) is 0 Å². The number of carbonyl (C=O) groups excluding carboxylic acids is 1. The topological polar surface area (TPSA) is 61.4 Å². The van der Waals surface area contributed by atoms with Crippen molar-refractivity contribution in [3.8, 4) is 0 Å². The molecule has 0 radical (unpaired) electrons. The Kier molecular flexibility index (Phi) is 4.73. The molecule has 1 aliphatic rings. The van der Waals surface area contributed by atoms with Crippen LogP contribution in [0, 0.1) is 0 Å². The third-order valence-corrected chi connectivity index (χ3v) is 3.32. The van der Waals surface area contributed by atoms with Crippen molar-refractivity contribution >= 4 is 5.91 Å². The van der Waals surface area contributed by atoms with E-state index in [-0.39, 0.29) is 5.91 Å². The second-order valence-electron chi connectivity index (χ2n) is 4.69. The van der Waals surface area contributed by atoms with Crippen LogP contribution in [0.25, 0.3) is 0 Å². The number of aliphatic hydroxyl groups is 1. The molecule has 1 aromatic carbocycles. The lowest BCUT2D eigenvalue weighted by Crippen LogP contribution is -2.33. The van der Waals surface area contributed by atoms with E-state index in [1.165, 1.54) is 12.8 Å². The van der Waals surface area contributed by atoms with Gasteiger partial charge in [0.15, 0.2) is 6.10 Å². The molecule has 0 saturated carbocycles.